The van der Waals surface area contributed by atoms with E-state index in [1.54, 1.807) is 5.56 Å². The zero-order valence-corrected chi connectivity index (χ0v) is 23.3. The molecule has 0 heterocycles. The Balaban J connectivity index is 0. The zero-order valence-electron chi connectivity index (χ0n) is 19.7. The van der Waals surface area contributed by atoms with Crippen molar-refractivity contribution < 1.29 is 25.8 Å². The predicted molar refractivity (Wildman–Crippen MR) is 125 cm³/mol. The van der Waals surface area contributed by atoms with E-state index in [9.17, 15) is 0 Å². The molecule has 3 aliphatic rings. The molecule has 7 atom stereocenters. The smallest absolute Gasteiger partial charge is 0.358 e. The summed E-state index contributed by atoms with van der Waals surface area (Å²) in [5.74, 6) is 7.05. The zero-order chi connectivity index (χ0) is 16.1. The van der Waals surface area contributed by atoms with Crippen LogP contribution in [0.1, 0.15) is 64.0 Å². The van der Waals surface area contributed by atoms with Crippen LogP contribution in [0, 0.1) is 71.1 Å². The summed E-state index contributed by atoms with van der Waals surface area (Å²) in [5.41, 5.74) is 3.09. The monoisotopic (exact) mass is 548 g/mol. The minimum Gasteiger partial charge on any atom is -0.358 e. The molecule has 0 aromatic heterocycles. The molecule has 0 N–H and O–H groups in total. The fourth-order valence-corrected chi connectivity index (χ4v) is 6.25. The average Bonchev–Trinajstić information content (AvgIpc) is 3.07. The quantitative estimate of drug-likeness (QED) is 0.259. The molecule has 0 radical (unpaired) electrons. The van der Waals surface area contributed by atoms with Crippen LogP contribution < -0.4 is 0 Å². The van der Waals surface area contributed by atoms with Gasteiger partial charge >= 0.3 is 25.8 Å². The van der Waals surface area contributed by atoms with Crippen molar-refractivity contribution in [3.8, 4) is 0 Å². The largest absolute Gasteiger partial charge is 4.00 e. The van der Waals surface area contributed by atoms with Gasteiger partial charge in [-0.05, 0) is 77.7 Å². The second-order valence-corrected chi connectivity index (χ2v) is 8.85. The Labute approximate surface area is 196 Å². The van der Waals surface area contributed by atoms with Crippen molar-refractivity contribution in [2.45, 2.75) is 52.9 Å². The first kappa shape index (κ1) is 30.0. The summed E-state index contributed by atoms with van der Waals surface area (Å²) in [4.78, 5) is 0. The maximum Gasteiger partial charge on any atom is 4.00 e. The third-order valence-electron chi connectivity index (χ3n) is 8.16. The molecule has 0 bridgehead atoms. The summed E-state index contributed by atoms with van der Waals surface area (Å²) in [6.07, 6.45) is 9.26. The average molecular weight is 547 g/mol. The van der Waals surface area contributed by atoms with Crippen molar-refractivity contribution in [3.05, 3.63) is 71.2 Å². The summed E-state index contributed by atoms with van der Waals surface area (Å²) < 4.78 is 0. The maximum absolute atomic E-state index is 2.56. The van der Waals surface area contributed by atoms with Crippen LogP contribution in [-0.4, -0.2) is 0 Å². The topological polar surface area (TPSA) is 0 Å². The summed E-state index contributed by atoms with van der Waals surface area (Å²) in [6, 6.07) is 9.08. The Morgan fingerprint density at radius 2 is 1.36 bits per heavy atom. The van der Waals surface area contributed by atoms with Gasteiger partial charge in [0.05, 0.1) is 0 Å². The van der Waals surface area contributed by atoms with Crippen LogP contribution in [-0.2, 0) is 25.8 Å². The van der Waals surface area contributed by atoms with E-state index in [1.807, 2.05) is 0 Å². The molecular formula is C27H44Hf. The SMILES string of the molecule is CC1C(C)C(C)C(CC2CCC3c4ccccc4C=CC23)C1C.[CH3-].[CH3-].[CH3-].[CH3-].[Hf+4]. The van der Waals surface area contributed by atoms with Gasteiger partial charge in [-0.1, -0.05) is 64.1 Å². The number of rotatable bonds is 2. The molecular weight excluding hydrogens is 503 g/mol. The second kappa shape index (κ2) is 11.9. The van der Waals surface area contributed by atoms with Crippen molar-refractivity contribution in [1.82, 2.24) is 0 Å². The number of benzene rings is 1. The van der Waals surface area contributed by atoms with Crippen LogP contribution in [0.2, 0.25) is 0 Å². The Bertz CT molecular complexity index is 590. The van der Waals surface area contributed by atoms with E-state index in [2.05, 4.69) is 64.1 Å². The maximum atomic E-state index is 2.56. The molecule has 4 rings (SSSR count). The molecule has 0 saturated heterocycles. The van der Waals surface area contributed by atoms with Crippen molar-refractivity contribution >= 4 is 6.08 Å². The summed E-state index contributed by atoms with van der Waals surface area (Å²) in [7, 11) is 0. The van der Waals surface area contributed by atoms with E-state index in [0.717, 1.165) is 47.3 Å². The third-order valence-corrected chi connectivity index (χ3v) is 8.16. The summed E-state index contributed by atoms with van der Waals surface area (Å²) in [6.45, 7) is 10.0. The molecule has 7 unspecified atom stereocenters. The van der Waals surface area contributed by atoms with Gasteiger partial charge in [-0.2, -0.15) is 0 Å². The van der Waals surface area contributed by atoms with Gasteiger partial charge in [0.2, 0.25) is 0 Å². The molecule has 2 saturated carbocycles. The summed E-state index contributed by atoms with van der Waals surface area (Å²) >= 11 is 0. The first-order valence-electron chi connectivity index (χ1n) is 9.85. The third kappa shape index (κ3) is 4.93. The molecule has 1 heteroatoms. The van der Waals surface area contributed by atoms with Gasteiger partial charge in [0, 0.05) is 0 Å². The van der Waals surface area contributed by atoms with E-state index in [4.69, 9.17) is 0 Å². The Hall–Kier alpha value is -0.170. The van der Waals surface area contributed by atoms with E-state index < -0.39 is 0 Å². The van der Waals surface area contributed by atoms with Crippen molar-refractivity contribution in [2.24, 2.45) is 41.4 Å². The van der Waals surface area contributed by atoms with Gasteiger partial charge in [0.25, 0.3) is 0 Å². The fraction of sp³-hybridized carbons (Fsp3) is 0.556. The predicted octanol–water partition coefficient (Wildman–Crippen LogP) is 8.19. The van der Waals surface area contributed by atoms with E-state index in [1.165, 1.54) is 24.8 Å². The van der Waals surface area contributed by atoms with Crippen molar-refractivity contribution in [3.63, 3.8) is 0 Å². The number of hydrogen-bond acceptors (Lipinski definition) is 0. The second-order valence-electron chi connectivity index (χ2n) is 8.85. The molecule has 0 aliphatic heterocycles. The van der Waals surface area contributed by atoms with E-state index >= 15 is 0 Å². The van der Waals surface area contributed by atoms with Gasteiger partial charge in [-0.15, -0.1) is 0 Å². The van der Waals surface area contributed by atoms with E-state index in [-0.39, 0.29) is 55.5 Å². The molecule has 0 spiro atoms. The van der Waals surface area contributed by atoms with Gasteiger partial charge < -0.3 is 29.7 Å². The number of fused-ring (bicyclic) bond motifs is 3. The normalized spacial score (nSPS) is 37.0. The minimum atomic E-state index is 0. The van der Waals surface area contributed by atoms with Crippen LogP contribution in [0.4, 0.5) is 0 Å². The fourth-order valence-electron chi connectivity index (χ4n) is 6.25. The molecule has 1 aromatic rings. The van der Waals surface area contributed by atoms with Gasteiger partial charge in [0.15, 0.2) is 0 Å². The van der Waals surface area contributed by atoms with Gasteiger partial charge in [-0.25, -0.2) is 0 Å². The molecule has 0 nitrogen and oxygen atoms in total. The van der Waals surface area contributed by atoms with Crippen molar-refractivity contribution in [2.75, 3.05) is 0 Å². The molecule has 0 amide bonds. The van der Waals surface area contributed by atoms with Crippen LogP contribution in [0.25, 0.3) is 6.08 Å². The van der Waals surface area contributed by atoms with Crippen LogP contribution in [0.3, 0.4) is 0 Å². The van der Waals surface area contributed by atoms with Crippen LogP contribution in [0.15, 0.2) is 30.3 Å². The summed E-state index contributed by atoms with van der Waals surface area (Å²) in [5, 5.41) is 0. The number of allylic oxidation sites excluding steroid dienone is 1. The standard InChI is InChI=1S/C23H32.4CH3.Hf/c1-14-15(2)17(4)23(16(14)3)13-19-10-12-22-20-8-6-5-7-18(20)9-11-21(19)22;;;;;/h5-9,11,14-17,19,21-23H,10,12-13H2,1-4H3;4*1H3;/q;4*-1;+4. The van der Waals surface area contributed by atoms with Crippen LogP contribution >= 0.6 is 0 Å². The number of hydrogen-bond donors (Lipinski definition) is 0. The van der Waals surface area contributed by atoms with Gasteiger partial charge in [-0.3, -0.25) is 0 Å². The molecule has 3 aliphatic carbocycles. The molecule has 28 heavy (non-hydrogen) atoms. The molecule has 156 valence electrons. The first-order chi connectivity index (χ1) is 11.1. The Morgan fingerprint density at radius 3 is 1.96 bits per heavy atom. The van der Waals surface area contributed by atoms with E-state index in [0.29, 0.717) is 0 Å². The van der Waals surface area contributed by atoms with Crippen LogP contribution in [0.5, 0.6) is 0 Å². The molecule has 2 fully saturated rings. The Morgan fingerprint density at radius 1 is 0.786 bits per heavy atom. The first-order valence-corrected chi connectivity index (χ1v) is 9.85. The van der Waals surface area contributed by atoms with Gasteiger partial charge in [0.1, 0.15) is 0 Å². The minimum absolute atomic E-state index is 0. The Kier molecular flexibility index (Phi) is 12.7. The van der Waals surface area contributed by atoms with Crippen molar-refractivity contribution in [1.29, 1.82) is 0 Å². The molecule has 1 aromatic carbocycles.